The molecule has 0 bridgehead atoms. The Labute approximate surface area is 132 Å². The Balaban J connectivity index is 2.95. The van der Waals surface area contributed by atoms with Crippen LogP contribution in [0, 0.1) is 11.8 Å². The van der Waals surface area contributed by atoms with E-state index in [9.17, 15) is 9.90 Å². The maximum absolute atomic E-state index is 11.2. The molecule has 0 aliphatic rings. The highest BCUT2D eigenvalue weighted by atomic mass is 35.5. The third-order valence-corrected chi connectivity index (χ3v) is 3.65. The second-order valence-electron chi connectivity index (χ2n) is 6.18. The Morgan fingerprint density at radius 1 is 1.24 bits per heavy atom. The number of carbonyl (C=O) groups is 1. The number of pyridine rings is 1. The fourth-order valence-corrected chi connectivity index (χ4v) is 2.12. The molecule has 0 aromatic carbocycles. The zero-order valence-corrected chi connectivity index (χ0v) is 14.0. The van der Waals surface area contributed by atoms with Gasteiger partial charge in [-0.05, 0) is 30.7 Å². The minimum atomic E-state index is -1.02. The monoisotopic (exact) mass is 312 g/mol. The average molecular weight is 313 g/mol. The lowest BCUT2D eigenvalue weighted by molar-refractivity contribution is 0.0697. The molecule has 1 rings (SSSR count). The van der Waals surface area contributed by atoms with E-state index in [4.69, 9.17) is 11.6 Å². The maximum Gasteiger partial charge on any atom is 0.337 e. The Bertz CT molecular complexity index is 463. The van der Waals surface area contributed by atoms with Gasteiger partial charge in [-0.25, -0.2) is 9.78 Å². The number of rotatable bonds is 8. The molecule has 1 aromatic heterocycles. The number of carboxylic acids is 1. The first-order valence-corrected chi connectivity index (χ1v) is 7.82. The summed E-state index contributed by atoms with van der Waals surface area (Å²) in [5.41, 5.74) is 0.112. The number of halogens is 1. The van der Waals surface area contributed by atoms with Gasteiger partial charge in [0.05, 0.1) is 10.6 Å². The fraction of sp³-hybridized carbons (Fsp3) is 0.625. The molecule has 0 fully saturated rings. The summed E-state index contributed by atoms with van der Waals surface area (Å²) in [6.45, 7) is 10.5. The van der Waals surface area contributed by atoms with Gasteiger partial charge in [0.2, 0.25) is 0 Å². The zero-order chi connectivity index (χ0) is 16.0. The van der Waals surface area contributed by atoms with Gasteiger partial charge in [0.15, 0.2) is 0 Å². The van der Waals surface area contributed by atoms with Crippen LogP contribution in [0.15, 0.2) is 12.3 Å². The van der Waals surface area contributed by atoms with Gasteiger partial charge in [-0.15, -0.1) is 0 Å². The lowest BCUT2D eigenvalue weighted by Crippen LogP contribution is -2.28. The molecule has 0 radical (unpaired) electrons. The van der Waals surface area contributed by atoms with Crippen molar-refractivity contribution in [2.24, 2.45) is 11.8 Å². The van der Waals surface area contributed by atoms with E-state index in [0.29, 0.717) is 17.7 Å². The van der Waals surface area contributed by atoms with Crippen LogP contribution in [-0.2, 0) is 0 Å². The highest BCUT2D eigenvalue weighted by molar-refractivity contribution is 6.33. The second-order valence-corrected chi connectivity index (χ2v) is 6.59. The predicted octanol–water partition coefficient (Wildman–Crippen LogP) is 4.33. The minimum Gasteiger partial charge on any atom is -0.478 e. The van der Waals surface area contributed by atoms with E-state index < -0.39 is 5.97 Å². The third kappa shape index (κ3) is 5.92. The van der Waals surface area contributed by atoms with Gasteiger partial charge >= 0.3 is 5.97 Å². The molecule has 5 heteroatoms. The first kappa shape index (κ1) is 17.8. The molecule has 0 spiro atoms. The summed E-state index contributed by atoms with van der Waals surface area (Å²) in [4.78, 5) is 17.7. The summed E-state index contributed by atoms with van der Waals surface area (Å²) in [7, 11) is 0. The molecule has 118 valence electrons. The van der Waals surface area contributed by atoms with Gasteiger partial charge in [-0.3, -0.25) is 0 Å². The smallest absolute Gasteiger partial charge is 0.337 e. The minimum absolute atomic E-state index is 0.112. The van der Waals surface area contributed by atoms with Crippen molar-refractivity contribution in [3.05, 3.63) is 22.8 Å². The number of nitrogens with zero attached hydrogens (tertiary/aromatic N) is 2. The molecule has 0 saturated carbocycles. The zero-order valence-electron chi connectivity index (χ0n) is 13.3. The third-order valence-electron chi connectivity index (χ3n) is 3.35. The van der Waals surface area contributed by atoms with E-state index in [1.54, 1.807) is 6.07 Å². The van der Waals surface area contributed by atoms with Crippen molar-refractivity contribution in [3.8, 4) is 0 Å². The number of hydrogen-bond acceptors (Lipinski definition) is 3. The summed E-state index contributed by atoms with van der Waals surface area (Å²) in [6, 6.07) is 1.57. The van der Waals surface area contributed by atoms with E-state index in [1.807, 2.05) is 0 Å². The molecule has 0 amide bonds. The molecule has 1 heterocycles. The fourth-order valence-electron chi connectivity index (χ4n) is 1.93. The normalized spacial score (nSPS) is 11.2. The van der Waals surface area contributed by atoms with Crippen molar-refractivity contribution in [2.75, 3.05) is 18.0 Å². The Hall–Kier alpha value is -1.29. The Kier molecular flexibility index (Phi) is 6.96. The van der Waals surface area contributed by atoms with E-state index in [2.05, 4.69) is 37.6 Å². The standard InChI is InChI=1S/C16H25ClN2O2/c1-11(2)5-7-19(8-6-12(3)4)15-9-13(16(20)21)14(17)10-18-15/h9-12H,5-8H2,1-4H3,(H,20,21). The van der Waals surface area contributed by atoms with Gasteiger partial charge < -0.3 is 10.0 Å². The molecular weight excluding hydrogens is 288 g/mol. The van der Waals surface area contributed by atoms with Crippen LogP contribution in [0.25, 0.3) is 0 Å². The van der Waals surface area contributed by atoms with Gasteiger partial charge in [0.1, 0.15) is 5.82 Å². The lowest BCUT2D eigenvalue weighted by Gasteiger charge is -2.26. The van der Waals surface area contributed by atoms with Gasteiger partial charge in [0.25, 0.3) is 0 Å². The van der Waals surface area contributed by atoms with Crippen LogP contribution < -0.4 is 4.90 Å². The van der Waals surface area contributed by atoms with E-state index >= 15 is 0 Å². The van der Waals surface area contributed by atoms with Crippen molar-refractivity contribution in [1.29, 1.82) is 0 Å². The van der Waals surface area contributed by atoms with Crippen LogP contribution >= 0.6 is 11.6 Å². The van der Waals surface area contributed by atoms with E-state index in [-0.39, 0.29) is 10.6 Å². The van der Waals surface area contributed by atoms with Crippen LogP contribution in [0.1, 0.15) is 50.9 Å². The van der Waals surface area contributed by atoms with Crippen LogP contribution in [-0.4, -0.2) is 29.1 Å². The first-order valence-electron chi connectivity index (χ1n) is 7.45. The molecular formula is C16H25ClN2O2. The molecule has 0 saturated heterocycles. The number of carboxylic acid groups (broad SMARTS) is 1. The van der Waals surface area contributed by atoms with Crippen molar-refractivity contribution in [2.45, 2.75) is 40.5 Å². The molecule has 21 heavy (non-hydrogen) atoms. The van der Waals surface area contributed by atoms with Gasteiger partial charge in [0, 0.05) is 19.3 Å². The van der Waals surface area contributed by atoms with E-state index in [1.165, 1.54) is 6.20 Å². The quantitative estimate of drug-likeness (QED) is 0.776. The molecule has 0 aliphatic heterocycles. The predicted molar refractivity (Wildman–Crippen MR) is 87.3 cm³/mol. The maximum atomic E-state index is 11.2. The van der Waals surface area contributed by atoms with Crippen molar-refractivity contribution < 1.29 is 9.90 Å². The van der Waals surface area contributed by atoms with Crippen molar-refractivity contribution >= 4 is 23.4 Å². The van der Waals surface area contributed by atoms with Crippen LogP contribution in [0.4, 0.5) is 5.82 Å². The van der Waals surface area contributed by atoms with Crippen molar-refractivity contribution in [3.63, 3.8) is 0 Å². The molecule has 0 aliphatic carbocycles. The lowest BCUT2D eigenvalue weighted by atomic mass is 10.1. The topological polar surface area (TPSA) is 53.4 Å². The summed E-state index contributed by atoms with van der Waals surface area (Å²) in [5, 5.41) is 9.36. The van der Waals surface area contributed by atoms with Crippen LogP contribution in [0.3, 0.4) is 0 Å². The summed E-state index contributed by atoms with van der Waals surface area (Å²) >= 11 is 5.89. The SMILES string of the molecule is CC(C)CCN(CCC(C)C)c1cc(C(=O)O)c(Cl)cn1. The average Bonchev–Trinajstić information content (AvgIpc) is 2.39. The highest BCUT2D eigenvalue weighted by Crippen LogP contribution is 2.22. The van der Waals surface area contributed by atoms with Crippen LogP contribution in [0.2, 0.25) is 5.02 Å². The first-order chi connectivity index (χ1) is 9.81. The summed E-state index contributed by atoms with van der Waals surface area (Å²) in [5.74, 6) is 0.866. The van der Waals surface area contributed by atoms with Gasteiger partial charge in [-0.2, -0.15) is 0 Å². The molecule has 1 aromatic rings. The second kappa shape index (κ2) is 8.23. The molecule has 0 atom stereocenters. The van der Waals surface area contributed by atoms with Crippen molar-refractivity contribution in [1.82, 2.24) is 4.98 Å². The molecule has 4 nitrogen and oxygen atoms in total. The van der Waals surface area contributed by atoms with Crippen LogP contribution in [0.5, 0.6) is 0 Å². The van der Waals surface area contributed by atoms with Gasteiger partial charge in [-0.1, -0.05) is 39.3 Å². The largest absolute Gasteiger partial charge is 0.478 e. The number of aromatic carboxylic acids is 1. The Morgan fingerprint density at radius 3 is 2.19 bits per heavy atom. The number of aromatic nitrogens is 1. The molecule has 0 unspecified atom stereocenters. The van der Waals surface area contributed by atoms with E-state index in [0.717, 1.165) is 25.9 Å². The summed E-state index contributed by atoms with van der Waals surface area (Å²) < 4.78 is 0. The summed E-state index contributed by atoms with van der Waals surface area (Å²) in [6.07, 6.45) is 3.52. The Morgan fingerprint density at radius 2 is 1.76 bits per heavy atom. The number of anilines is 1. The number of hydrogen-bond donors (Lipinski definition) is 1. The molecule has 1 N–H and O–H groups in total. The highest BCUT2D eigenvalue weighted by Gasteiger charge is 2.15.